The van der Waals surface area contributed by atoms with Crippen molar-refractivity contribution < 1.29 is 9.53 Å². The van der Waals surface area contributed by atoms with Crippen LogP contribution in [0.25, 0.3) is 10.8 Å². The molecule has 1 heterocycles. The van der Waals surface area contributed by atoms with Crippen LogP contribution in [-0.4, -0.2) is 36.2 Å². The van der Waals surface area contributed by atoms with E-state index in [1.54, 1.807) is 0 Å². The lowest BCUT2D eigenvalue weighted by molar-refractivity contribution is 0.0118. The zero-order valence-corrected chi connectivity index (χ0v) is 14.0. The van der Waals surface area contributed by atoms with Gasteiger partial charge in [0.1, 0.15) is 5.60 Å². The van der Waals surface area contributed by atoms with Crippen LogP contribution in [0.3, 0.4) is 0 Å². The Bertz CT molecular complexity index is 706. The molecule has 1 atom stereocenters. The standard InChI is InChI=1S/C19H24N2O2/c1-19(2,3)23-18(22)21-11-10-20-13-17(21)16-9-8-14-6-4-5-7-15(14)12-16/h4-9,12,17,20H,10-11,13H2,1-3H3/t17-/m1/s1. The fraction of sp³-hybridized carbons (Fsp3) is 0.421. The van der Waals surface area contributed by atoms with Gasteiger partial charge in [-0.2, -0.15) is 0 Å². The number of benzene rings is 2. The summed E-state index contributed by atoms with van der Waals surface area (Å²) in [6, 6.07) is 14.7. The molecule has 122 valence electrons. The number of carbonyl (C=O) groups excluding carboxylic acids is 1. The second kappa shape index (κ2) is 6.20. The van der Waals surface area contributed by atoms with E-state index < -0.39 is 5.60 Å². The number of amides is 1. The summed E-state index contributed by atoms with van der Waals surface area (Å²) >= 11 is 0. The molecule has 1 aliphatic rings. The molecule has 4 nitrogen and oxygen atoms in total. The van der Waals surface area contributed by atoms with Gasteiger partial charge in [0.2, 0.25) is 0 Å². The summed E-state index contributed by atoms with van der Waals surface area (Å²) in [5, 5.41) is 5.79. The first kappa shape index (κ1) is 15.8. The van der Waals surface area contributed by atoms with Crippen molar-refractivity contribution in [3.8, 4) is 0 Å². The Morgan fingerprint density at radius 2 is 1.91 bits per heavy atom. The second-order valence-electron chi connectivity index (χ2n) is 7.00. The van der Waals surface area contributed by atoms with E-state index in [4.69, 9.17) is 4.74 Å². The lowest BCUT2D eigenvalue weighted by Crippen LogP contribution is -2.50. The highest BCUT2D eigenvalue weighted by Gasteiger charge is 2.31. The van der Waals surface area contributed by atoms with Gasteiger partial charge in [-0.3, -0.25) is 4.90 Å². The van der Waals surface area contributed by atoms with Gasteiger partial charge in [-0.05, 0) is 43.2 Å². The van der Waals surface area contributed by atoms with Crippen LogP contribution in [0.5, 0.6) is 0 Å². The van der Waals surface area contributed by atoms with E-state index >= 15 is 0 Å². The molecule has 23 heavy (non-hydrogen) atoms. The van der Waals surface area contributed by atoms with Crippen molar-refractivity contribution in [3.05, 3.63) is 48.0 Å². The average Bonchev–Trinajstić information content (AvgIpc) is 2.53. The van der Waals surface area contributed by atoms with Crippen LogP contribution in [0.1, 0.15) is 32.4 Å². The summed E-state index contributed by atoms with van der Waals surface area (Å²) in [4.78, 5) is 14.4. The van der Waals surface area contributed by atoms with Crippen molar-refractivity contribution in [2.24, 2.45) is 0 Å². The zero-order valence-electron chi connectivity index (χ0n) is 14.0. The molecular weight excluding hydrogens is 288 g/mol. The molecule has 0 spiro atoms. The topological polar surface area (TPSA) is 41.6 Å². The first-order valence-corrected chi connectivity index (χ1v) is 8.13. The van der Waals surface area contributed by atoms with E-state index in [-0.39, 0.29) is 12.1 Å². The van der Waals surface area contributed by atoms with Crippen LogP contribution in [0, 0.1) is 0 Å². The largest absolute Gasteiger partial charge is 0.444 e. The van der Waals surface area contributed by atoms with Gasteiger partial charge < -0.3 is 10.1 Å². The molecule has 2 aromatic rings. The predicted octanol–water partition coefficient (Wildman–Crippen LogP) is 3.72. The maximum absolute atomic E-state index is 12.5. The lowest BCUT2D eigenvalue weighted by atomic mass is 9.99. The molecule has 1 amide bonds. The number of hydrogen-bond acceptors (Lipinski definition) is 3. The van der Waals surface area contributed by atoms with Crippen LogP contribution in [0.2, 0.25) is 0 Å². The number of rotatable bonds is 1. The first-order valence-electron chi connectivity index (χ1n) is 8.13. The van der Waals surface area contributed by atoms with Gasteiger partial charge in [0.15, 0.2) is 0 Å². The van der Waals surface area contributed by atoms with E-state index in [1.165, 1.54) is 10.8 Å². The SMILES string of the molecule is CC(C)(C)OC(=O)N1CCNC[C@@H]1c1ccc2ccccc2c1. The van der Waals surface area contributed by atoms with Gasteiger partial charge in [0.25, 0.3) is 0 Å². The van der Waals surface area contributed by atoms with Crippen molar-refractivity contribution >= 4 is 16.9 Å². The van der Waals surface area contributed by atoms with E-state index in [0.717, 1.165) is 18.7 Å². The third kappa shape index (κ3) is 3.64. The maximum atomic E-state index is 12.5. The van der Waals surface area contributed by atoms with Crippen LogP contribution in [-0.2, 0) is 4.74 Å². The lowest BCUT2D eigenvalue weighted by Gasteiger charge is -2.37. The minimum Gasteiger partial charge on any atom is -0.444 e. The van der Waals surface area contributed by atoms with Crippen molar-refractivity contribution in [1.29, 1.82) is 0 Å². The Morgan fingerprint density at radius 1 is 1.17 bits per heavy atom. The third-order valence-corrected chi connectivity index (χ3v) is 4.03. The van der Waals surface area contributed by atoms with Crippen molar-refractivity contribution in [1.82, 2.24) is 10.2 Å². The quantitative estimate of drug-likeness (QED) is 0.872. The van der Waals surface area contributed by atoms with Gasteiger partial charge in [-0.1, -0.05) is 36.4 Å². The molecule has 0 radical (unpaired) electrons. The van der Waals surface area contributed by atoms with Gasteiger partial charge >= 0.3 is 6.09 Å². The number of piperazine rings is 1. The van der Waals surface area contributed by atoms with Gasteiger partial charge in [-0.25, -0.2) is 4.79 Å². The van der Waals surface area contributed by atoms with E-state index in [2.05, 4.69) is 35.6 Å². The monoisotopic (exact) mass is 312 g/mol. The van der Waals surface area contributed by atoms with Crippen molar-refractivity contribution in [2.45, 2.75) is 32.4 Å². The molecule has 4 heteroatoms. The normalized spacial score (nSPS) is 18.9. The molecule has 0 aliphatic carbocycles. The zero-order chi connectivity index (χ0) is 16.4. The van der Waals surface area contributed by atoms with Gasteiger partial charge in [0.05, 0.1) is 6.04 Å². The number of nitrogens with zero attached hydrogens (tertiary/aromatic N) is 1. The van der Waals surface area contributed by atoms with Gasteiger partial charge in [0, 0.05) is 19.6 Å². The second-order valence-corrected chi connectivity index (χ2v) is 7.00. The predicted molar refractivity (Wildman–Crippen MR) is 92.5 cm³/mol. The average molecular weight is 312 g/mol. The van der Waals surface area contributed by atoms with E-state index in [1.807, 2.05) is 37.8 Å². The summed E-state index contributed by atoms with van der Waals surface area (Å²) in [6.07, 6.45) is -0.239. The molecule has 0 saturated carbocycles. The van der Waals surface area contributed by atoms with E-state index in [0.29, 0.717) is 6.54 Å². The fourth-order valence-corrected chi connectivity index (χ4v) is 2.96. The summed E-state index contributed by atoms with van der Waals surface area (Å²) in [5.74, 6) is 0. The summed E-state index contributed by atoms with van der Waals surface area (Å²) < 4.78 is 5.58. The molecule has 1 aliphatic heterocycles. The first-order chi connectivity index (χ1) is 10.9. The minimum atomic E-state index is -0.476. The molecule has 1 fully saturated rings. The fourth-order valence-electron chi connectivity index (χ4n) is 2.96. The number of ether oxygens (including phenoxy) is 1. The third-order valence-electron chi connectivity index (χ3n) is 4.03. The van der Waals surface area contributed by atoms with Crippen LogP contribution in [0.4, 0.5) is 4.79 Å². The highest BCUT2D eigenvalue weighted by Crippen LogP contribution is 2.27. The molecule has 0 aromatic heterocycles. The molecular formula is C19H24N2O2. The van der Waals surface area contributed by atoms with Gasteiger partial charge in [-0.15, -0.1) is 0 Å². The molecule has 0 unspecified atom stereocenters. The van der Waals surface area contributed by atoms with E-state index in [9.17, 15) is 4.79 Å². The number of hydrogen-bond donors (Lipinski definition) is 1. The molecule has 0 bridgehead atoms. The number of nitrogens with one attached hydrogen (secondary N) is 1. The molecule has 1 N–H and O–H groups in total. The maximum Gasteiger partial charge on any atom is 0.410 e. The Balaban J connectivity index is 1.89. The Morgan fingerprint density at radius 3 is 2.65 bits per heavy atom. The highest BCUT2D eigenvalue weighted by atomic mass is 16.6. The number of fused-ring (bicyclic) bond motifs is 1. The summed E-state index contributed by atoms with van der Waals surface area (Å²) in [5.41, 5.74) is 0.664. The Kier molecular flexibility index (Phi) is 4.26. The Hall–Kier alpha value is -2.07. The molecule has 2 aromatic carbocycles. The van der Waals surface area contributed by atoms with Crippen LogP contribution >= 0.6 is 0 Å². The Labute approximate surface area is 137 Å². The molecule has 3 rings (SSSR count). The smallest absolute Gasteiger partial charge is 0.410 e. The highest BCUT2D eigenvalue weighted by molar-refractivity contribution is 5.83. The van der Waals surface area contributed by atoms with Crippen LogP contribution < -0.4 is 5.32 Å². The minimum absolute atomic E-state index is 0.00297. The summed E-state index contributed by atoms with van der Waals surface area (Å²) in [7, 11) is 0. The van der Waals surface area contributed by atoms with Crippen molar-refractivity contribution in [2.75, 3.05) is 19.6 Å². The number of carbonyl (C=O) groups is 1. The summed E-state index contributed by atoms with van der Waals surface area (Å²) in [6.45, 7) is 7.90. The van der Waals surface area contributed by atoms with Crippen molar-refractivity contribution in [3.63, 3.8) is 0 Å². The molecule has 1 saturated heterocycles. The van der Waals surface area contributed by atoms with Crippen LogP contribution in [0.15, 0.2) is 42.5 Å².